The molecule has 0 saturated carbocycles. The zero-order valence-corrected chi connectivity index (χ0v) is 6.41. The second-order valence-electron chi connectivity index (χ2n) is 3.14. The largest absolute Gasteiger partial charge is 0.464 e. The average Bonchev–Trinajstić information content (AvgIpc) is 2.48. The van der Waals surface area contributed by atoms with Gasteiger partial charge in [-0.3, -0.25) is 0 Å². The number of hydrogen-bond donors (Lipinski definition) is 0. The molecule has 0 bridgehead atoms. The van der Waals surface area contributed by atoms with Crippen LogP contribution in [0, 0.1) is 5.92 Å². The van der Waals surface area contributed by atoms with Gasteiger partial charge in [0, 0.05) is 12.3 Å². The van der Waals surface area contributed by atoms with Crippen LogP contribution >= 0.6 is 0 Å². The van der Waals surface area contributed by atoms with Crippen molar-refractivity contribution in [3.63, 3.8) is 0 Å². The minimum absolute atomic E-state index is 0.189. The fourth-order valence-corrected chi connectivity index (χ4v) is 1.60. The van der Waals surface area contributed by atoms with Crippen molar-refractivity contribution in [3.8, 4) is 0 Å². The topological polar surface area (TPSA) is 51.0 Å². The van der Waals surface area contributed by atoms with E-state index in [0.717, 1.165) is 0 Å². The number of carbonyl (C=O) groups is 1. The van der Waals surface area contributed by atoms with Gasteiger partial charge in [-0.05, 0) is 0 Å². The van der Waals surface area contributed by atoms with Crippen LogP contribution in [0.4, 0.5) is 0 Å². The minimum Gasteiger partial charge on any atom is -0.464 e. The van der Waals surface area contributed by atoms with Crippen LogP contribution in [-0.2, 0) is 9.53 Å². The number of esters is 1. The molecule has 0 aromatic carbocycles. The zero-order valence-electron chi connectivity index (χ0n) is 6.41. The lowest BCUT2D eigenvalue weighted by Gasteiger charge is -2.17. The molecule has 0 aromatic heterocycles. The first-order valence-electron chi connectivity index (χ1n) is 3.81. The summed E-state index contributed by atoms with van der Waals surface area (Å²) in [7, 11) is 0. The Labute approximate surface area is 64.6 Å². The summed E-state index contributed by atoms with van der Waals surface area (Å²) in [6.07, 6.45) is 0.705. The van der Waals surface area contributed by atoms with E-state index in [-0.39, 0.29) is 11.9 Å². The molecule has 2 aliphatic rings. The third-order valence-electron chi connectivity index (χ3n) is 2.49. The highest BCUT2D eigenvalue weighted by Gasteiger charge is 2.51. The number of ether oxygens (including phenoxy) is 1. The molecule has 1 saturated heterocycles. The summed E-state index contributed by atoms with van der Waals surface area (Å²) in [5.74, 6) is 0.0312. The molecule has 0 aromatic rings. The molecule has 0 unspecified atom stereocenters. The molecule has 1 spiro atoms. The second-order valence-corrected chi connectivity index (χ2v) is 3.14. The molecule has 1 fully saturated rings. The molecule has 2 aliphatic heterocycles. The zero-order chi connectivity index (χ0) is 7.90. The predicted octanol–water partition coefficient (Wildman–Crippen LogP) is 0.774. The highest BCUT2D eigenvalue weighted by atomic mass is 16.5. The van der Waals surface area contributed by atoms with Crippen LogP contribution in [0.3, 0.4) is 0 Å². The standard InChI is InChI=1S/C7H10N2O2/c1-5-4-8-9-7(5)2-3-11-6(7)10/h5H,2-4H2,1H3/t5-,7+/m1/s1. The van der Waals surface area contributed by atoms with Crippen molar-refractivity contribution in [3.05, 3.63) is 0 Å². The molecular weight excluding hydrogens is 144 g/mol. The third kappa shape index (κ3) is 0.721. The summed E-state index contributed by atoms with van der Waals surface area (Å²) in [5.41, 5.74) is -0.597. The maximum absolute atomic E-state index is 11.2. The van der Waals surface area contributed by atoms with Gasteiger partial charge in [-0.25, -0.2) is 4.79 Å². The van der Waals surface area contributed by atoms with Gasteiger partial charge in [-0.15, -0.1) is 0 Å². The van der Waals surface area contributed by atoms with E-state index in [2.05, 4.69) is 10.2 Å². The van der Waals surface area contributed by atoms with Gasteiger partial charge in [0.15, 0.2) is 5.54 Å². The Kier molecular flexibility index (Phi) is 1.25. The molecule has 2 atom stereocenters. The van der Waals surface area contributed by atoms with Gasteiger partial charge < -0.3 is 4.74 Å². The molecular formula is C7H10N2O2. The van der Waals surface area contributed by atoms with Crippen LogP contribution in [-0.4, -0.2) is 24.7 Å². The van der Waals surface area contributed by atoms with Crippen molar-refractivity contribution >= 4 is 5.97 Å². The van der Waals surface area contributed by atoms with Gasteiger partial charge in [-0.1, -0.05) is 6.92 Å². The van der Waals surface area contributed by atoms with Crippen LogP contribution in [0.5, 0.6) is 0 Å². The summed E-state index contributed by atoms with van der Waals surface area (Å²) in [4.78, 5) is 11.2. The average molecular weight is 154 g/mol. The van der Waals surface area contributed by atoms with Gasteiger partial charge >= 0.3 is 5.97 Å². The Morgan fingerprint density at radius 1 is 1.73 bits per heavy atom. The maximum atomic E-state index is 11.2. The molecule has 4 heteroatoms. The number of azo groups is 1. The summed E-state index contributed by atoms with van der Waals surface area (Å²) in [6, 6.07) is 0. The van der Waals surface area contributed by atoms with Gasteiger partial charge in [0.05, 0.1) is 13.2 Å². The summed E-state index contributed by atoms with van der Waals surface area (Å²) in [5, 5.41) is 7.85. The fourth-order valence-electron chi connectivity index (χ4n) is 1.60. The van der Waals surface area contributed by atoms with E-state index in [1.807, 2.05) is 6.92 Å². The number of hydrogen-bond acceptors (Lipinski definition) is 4. The molecule has 2 heterocycles. The van der Waals surface area contributed by atoms with E-state index in [1.165, 1.54) is 0 Å². The lowest BCUT2D eigenvalue weighted by Crippen LogP contribution is -2.37. The normalized spacial score (nSPS) is 41.9. The first-order valence-corrected chi connectivity index (χ1v) is 3.81. The van der Waals surface area contributed by atoms with E-state index >= 15 is 0 Å². The molecule has 0 aliphatic carbocycles. The Morgan fingerprint density at radius 2 is 2.55 bits per heavy atom. The molecule has 4 nitrogen and oxygen atoms in total. The van der Waals surface area contributed by atoms with Crippen LogP contribution in [0.25, 0.3) is 0 Å². The Hall–Kier alpha value is -0.930. The molecule has 0 amide bonds. The van der Waals surface area contributed by atoms with Crippen molar-refractivity contribution in [1.29, 1.82) is 0 Å². The first kappa shape index (κ1) is 6.76. The van der Waals surface area contributed by atoms with Crippen LogP contribution < -0.4 is 0 Å². The Morgan fingerprint density at radius 3 is 3.00 bits per heavy atom. The smallest absolute Gasteiger partial charge is 0.336 e. The third-order valence-corrected chi connectivity index (χ3v) is 2.49. The van der Waals surface area contributed by atoms with Crippen LogP contribution in [0.15, 0.2) is 10.2 Å². The summed E-state index contributed by atoms with van der Waals surface area (Å²) in [6.45, 7) is 3.16. The molecule has 0 radical (unpaired) electrons. The van der Waals surface area contributed by atoms with Gasteiger partial charge in [0.25, 0.3) is 0 Å². The number of cyclic esters (lactones) is 1. The number of rotatable bonds is 0. The SMILES string of the molecule is C[C@@H]1CN=N[C@@]12CCOC2=O. The number of carbonyl (C=O) groups excluding carboxylic acids is 1. The van der Waals surface area contributed by atoms with E-state index in [9.17, 15) is 4.79 Å². The van der Waals surface area contributed by atoms with E-state index in [1.54, 1.807) is 0 Å². The summed E-state index contributed by atoms with van der Waals surface area (Å²) < 4.78 is 4.87. The molecule has 60 valence electrons. The van der Waals surface area contributed by atoms with E-state index in [4.69, 9.17) is 4.74 Å². The van der Waals surface area contributed by atoms with Crippen molar-refractivity contribution in [2.45, 2.75) is 18.9 Å². The Balaban J connectivity index is 2.33. The van der Waals surface area contributed by atoms with Gasteiger partial charge in [-0.2, -0.15) is 10.2 Å². The van der Waals surface area contributed by atoms with E-state index < -0.39 is 5.54 Å². The lowest BCUT2D eigenvalue weighted by atomic mass is 9.86. The Bertz CT molecular complexity index is 226. The molecule has 2 rings (SSSR count). The molecule has 11 heavy (non-hydrogen) atoms. The maximum Gasteiger partial charge on any atom is 0.336 e. The van der Waals surface area contributed by atoms with Crippen LogP contribution in [0.2, 0.25) is 0 Å². The minimum atomic E-state index is -0.597. The first-order chi connectivity index (χ1) is 5.26. The number of nitrogens with zero attached hydrogens (tertiary/aromatic N) is 2. The predicted molar refractivity (Wildman–Crippen MR) is 37.2 cm³/mol. The fraction of sp³-hybridized carbons (Fsp3) is 0.857. The van der Waals surface area contributed by atoms with Crippen molar-refractivity contribution in [2.24, 2.45) is 16.1 Å². The van der Waals surface area contributed by atoms with Crippen molar-refractivity contribution in [2.75, 3.05) is 13.2 Å². The van der Waals surface area contributed by atoms with E-state index in [0.29, 0.717) is 19.6 Å². The van der Waals surface area contributed by atoms with Crippen molar-refractivity contribution in [1.82, 2.24) is 0 Å². The summed E-state index contributed by atoms with van der Waals surface area (Å²) >= 11 is 0. The van der Waals surface area contributed by atoms with Crippen LogP contribution in [0.1, 0.15) is 13.3 Å². The van der Waals surface area contributed by atoms with Crippen molar-refractivity contribution < 1.29 is 9.53 Å². The molecule has 0 N–H and O–H groups in total. The van der Waals surface area contributed by atoms with Gasteiger partial charge in [0.1, 0.15) is 0 Å². The monoisotopic (exact) mass is 154 g/mol. The lowest BCUT2D eigenvalue weighted by molar-refractivity contribution is -0.143. The van der Waals surface area contributed by atoms with Gasteiger partial charge in [0.2, 0.25) is 0 Å². The quantitative estimate of drug-likeness (QED) is 0.484. The second kappa shape index (κ2) is 2.03. The highest BCUT2D eigenvalue weighted by molar-refractivity contribution is 5.83. The highest BCUT2D eigenvalue weighted by Crippen LogP contribution is 2.36.